The van der Waals surface area contributed by atoms with E-state index in [1.165, 1.54) is 30.3 Å². The summed E-state index contributed by atoms with van der Waals surface area (Å²) in [6.45, 7) is -0.193. The van der Waals surface area contributed by atoms with Crippen LogP contribution in [0.2, 0.25) is 0 Å². The number of rotatable bonds is 5. The molecule has 0 aliphatic rings. The summed E-state index contributed by atoms with van der Waals surface area (Å²) >= 11 is 0. The molecule has 2 N–H and O–H groups in total. The lowest BCUT2D eigenvalue weighted by Crippen LogP contribution is -2.22. The van der Waals surface area contributed by atoms with Crippen molar-refractivity contribution < 1.29 is 27.1 Å². The minimum atomic E-state index is -4.77. The lowest BCUT2D eigenvalue weighted by Gasteiger charge is -2.10. The predicted molar refractivity (Wildman–Crippen MR) is 76.6 cm³/mol. The van der Waals surface area contributed by atoms with E-state index in [-0.39, 0.29) is 18.0 Å². The molecule has 0 fully saturated rings. The molecule has 122 valence electrons. The smallest absolute Gasteiger partial charge is 0.406 e. The van der Waals surface area contributed by atoms with Crippen molar-refractivity contribution in [1.29, 1.82) is 0 Å². The minimum Gasteiger partial charge on any atom is -0.406 e. The molecule has 1 amide bonds. The van der Waals surface area contributed by atoms with Crippen molar-refractivity contribution in [3.8, 4) is 5.75 Å². The van der Waals surface area contributed by atoms with Gasteiger partial charge in [-0.1, -0.05) is 12.1 Å². The molecular weight excluding hydrogens is 316 g/mol. The summed E-state index contributed by atoms with van der Waals surface area (Å²) in [6, 6.07) is 10.5. The van der Waals surface area contributed by atoms with Crippen LogP contribution in [-0.2, 0) is 4.79 Å². The van der Waals surface area contributed by atoms with Crippen LogP contribution in [0.5, 0.6) is 5.75 Å². The molecule has 0 aliphatic heterocycles. The first kappa shape index (κ1) is 16.6. The summed E-state index contributed by atoms with van der Waals surface area (Å²) in [7, 11) is 0. The molecule has 0 spiro atoms. The number of carbonyl (C=O) groups excluding carboxylic acids is 1. The SMILES string of the molecule is O=C(CNc1ccccc1F)Nc1ccc(OC(F)(F)F)cc1. The highest BCUT2D eigenvalue weighted by Crippen LogP contribution is 2.23. The zero-order valence-corrected chi connectivity index (χ0v) is 11.7. The quantitative estimate of drug-likeness (QED) is 0.822. The number of hydrogen-bond acceptors (Lipinski definition) is 3. The van der Waals surface area contributed by atoms with E-state index in [1.807, 2.05) is 0 Å². The van der Waals surface area contributed by atoms with E-state index >= 15 is 0 Å². The number of nitrogens with one attached hydrogen (secondary N) is 2. The van der Waals surface area contributed by atoms with E-state index in [0.29, 0.717) is 5.69 Å². The van der Waals surface area contributed by atoms with Gasteiger partial charge in [-0.15, -0.1) is 13.2 Å². The molecule has 2 aromatic carbocycles. The Morgan fingerprint density at radius 3 is 2.30 bits per heavy atom. The van der Waals surface area contributed by atoms with Crippen LogP contribution < -0.4 is 15.4 Å². The number of hydrogen-bond donors (Lipinski definition) is 2. The fourth-order valence-corrected chi connectivity index (χ4v) is 1.73. The Morgan fingerprint density at radius 1 is 1.04 bits per heavy atom. The van der Waals surface area contributed by atoms with Crippen LogP contribution in [0.25, 0.3) is 0 Å². The number of amides is 1. The molecular formula is C15H12F4N2O2. The number of halogens is 4. The van der Waals surface area contributed by atoms with Gasteiger partial charge in [-0.2, -0.15) is 0 Å². The molecule has 0 atom stereocenters. The topological polar surface area (TPSA) is 50.4 Å². The summed E-state index contributed by atoms with van der Waals surface area (Å²) in [4.78, 5) is 11.7. The van der Waals surface area contributed by atoms with Gasteiger partial charge in [-0.05, 0) is 36.4 Å². The number of anilines is 2. The van der Waals surface area contributed by atoms with Gasteiger partial charge in [0.05, 0.1) is 12.2 Å². The maximum Gasteiger partial charge on any atom is 0.573 e. The monoisotopic (exact) mass is 328 g/mol. The summed E-state index contributed by atoms with van der Waals surface area (Å²) < 4.78 is 53.1. The van der Waals surface area contributed by atoms with Crippen molar-refractivity contribution in [3.63, 3.8) is 0 Å². The average molecular weight is 328 g/mol. The maximum atomic E-state index is 13.3. The van der Waals surface area contributed by atoms with Crippen molar-refractivity contribution in [2.24, 2.45) is 0 Å². The standard InChI is InChI=1S/C15H12F4N2O2/c16-12-3-1-2-4-13(12)20-9-14(22)21-10-5-7-11(8-6-10)23-15(17,18)19/h1-8,20H,9H2,(H,21,22). The van der Waals surface area contributed by atoms with Gasteiger partial charge in [0.15, 0.2) is 0 Å². The maximum absolute atomic E-state index is 13.3. The van der Waals surface area contributed by atoms with E-state index in [4.69, 9.17) is 0 Å². The number of para-hydroxylation sites is 1. The highest BCUT2D eigenvalue weighted by molar-refractivity contribution is 5.93. The third-order valence-corrected chi connectivity index (χ3v) is 2.68. The Labute approximate surface area is 129 Å². The van der Waals surface area contributed by atoms with Gasteiger partial charge < -0.3 is 15.4 Å². The second-order valence-electron chi connectivity index (χ2n) is 4.45. The van der Waals surface area contributed by atoms with Gasteiger partial charge >= 0.3 is 6.36 Å². The molecule has 0 radical (unpaired) electrons. The zero-order valence-electron chi connectivity index (χ0n) is 11.7. The van der Waals surface area contributed by atoms with Gasteiger partial charge in [0.1, 0.15) is 11.6 Å². The van der Waals surface area contributed by atoms with Gasteiger partial charge in [-0.25, -0.2) is 4.39 Å². The van der Waals surface area contributed by atoms with Crippen molar-refractivity contribution >= 4 is 17.3 Å². The van der Waals surface area contributed by atoms with E-state index in [9.17, 15) is 22.4 Å². The highest BCUT2D eigenvalue weighted by atomic mass is 19.4. The number of ether oxygens (including phenoxy) is 1. The molecule has 8 heteroatoms. The summed E-state index contributed by atoms with van der Waals surface area (Å²) in [5.41, 5.74) is 0.469. The number of benzene rings is 2. The van der Waals surface area contributed by atoms with Crippen molar-refractivity contribution in [2.75, 3.05) is 17.2 Å². The summed E-state index contributed by atoms with van der Waals surface area (Å²) in [6.07, 6.45) is -4.77. The summed E-state index contributed by atoms with van der Waals surface area (Å²) in [5, 5.41) is 5.08. The molecule has 0 saturated carbocycles. The van der Waals surface area contributed by atoms with E-state index in [0.717, 1.165) is 12.1 Å². The fraction of sp³-hybridized carbons (Fsp3) is 0.133. The summed E-state index contributed by atoms with van der Waals surface area (Å²) in [5.74, 6) is -1.35. The molecule has 0 unspecified atom stereocenters. The third-order valence-electron chi connectivity index (χ3n) is 2.68. The van der Waals surface area contributed by atoms with E-state index in [1.54, 1.807) is 6.07 Å². The van der Waals surface area contributed by atoms with Crippen LogP contribution in [0.4, 0.5) is 28.9 Å². The largest absolute Gasteiger partial charge is 0.573 e. The van der Waals surface area contributed by atoms with Crippen molar-refractivity contribution in [3.05, 3.63) is 54.3 Å². The van der Waals surface area contributed by atoms with Crippen LogP contribution in [0, 0.1) is 5.82 Å². The Bertz CT molecular complexity index is 672. The first-order valence-electron chi connectivity index (χ1n) is 6.47. The van der Waals surface area contributed by atoms with Gasteiger partial charge in [0.2, 0.25) is 5.91 Å². The first-order chi connectivity index (χ1) is 10.8. The Morgan fingerprint density at radius 2 is 1.70 bits per heavy atom. The average Bonchev–Trinajstić information content (AvgIpc) is 2.47. The van der Waals surface area contributed by atoms with Crippen LogP contribution in [0.15, 0.2) is 48.5 Å². The highest BCUT2D eigenvalue weighted by Gasteiger charge is 2.30. The number of alkyl halides is 3. The third kappa shape index (κ3) is 5.50. The van der Waals surface area contributed by atoms with Crippen LogP contribution in [-0.4, -0.2) is 18.8 Å². The molecule has 0 aliphatic carbocycles. The van der Waals surface area contributed by atoms with Crippen LogP contribution >= 0.6 is 0 Å². The van der Waals surface area contributed by atoms with E-state index < -0.39 is 18.1 Å². The molecule has 2 aromatic rings. The van der Waals surface area contributed by atoms with Crippen LogP contribution in [0.1, 0.15) is 0 Å². The number of carbonyl (C=O) groups is 1. The molecule has 0 heterocycles. The van der Waals surface area contributed by atoms with Gasteiger partial charge in [0.25, 0.3) is 0 Å². The van der Waals surface area contributed by atoms with Gasteiger partial charge in [-0.3, -0.25) is 4.79 Å². The first-order valence-corrected chi connectivity index (χ1v) is 6.47. The molecule has 0 aromatic heterocycles. The Kier molecular flexibility index (Phi) is 5.05. The molecule has 4 nitrogen and oxygen atoms in total. The minimum absolute atomic E-state index is 0.177. The lowest BCUT2D eigenvalue weighted by molar-refractivity contribution is -0.274. The Balaban J connectivity index is 1.87. The van der Waals surface area contributed by atoms with Crippen molar-refractivity contribution in [2.45, 2.75) is 6.36 Å². The normalized spacial score (nSPS) is 11.0. The van der Waals surface area contributed by atoms with Crippen molar-refractivity contribution in [1.82, 2.24) is 0 Å². The second kappa shape index (κ2) is 6.99. The predicted octanol–water partition coefficient (Wildman–Crippen LogP) is 3.77. The fourth-order valence-electron chi connectivity index (χ4n) is 1.73. The lowest BCUT2D eigenvalue weighted by atomic mass is 10.3. The zero-order chi connectivity index (χ0) is 16.9. The molecule has 2 rings (SSSR count). The van der Waals surface area contributed by atoms with Crippen LogP contribution in [0.3, 0.4) is 0 Å². The second-order valence-corrected chi connectivity index (χ2v) is 4.45. The Hall–Kier alpha value is -2.77. The van der Waals surface area contributed by atoms with Gasteiger partial charge in [0, 0.05) is 5.69 Å². The van der Waals surface area contributed by atoms with E-state index in [2.05, 4.69) is 15.4 Å². The molecule has 23 heavy (non-hydrogen) atoms. The molecule has 0 saturated heterocycles. The molecule has 0 bridgehead atoms.